The predicted octanol–water partition coefficient (Wildman–Crippen LogP) is 7.22. The van der Waals surface area contributed by atoms with Gasteiger partial charge in [-0.3, -0.25) is 4.90 Å². The van der Waals surface area contributed by atoms with Crippen molar-refractivity contribution in [2.45, 2.75) is 44.6 Å². The molecule has 4 aromatic rings. The van der Waals surface area contributed by atoms with Crippen LogP contribution in [-0.2, 0) is 10.8 Å². The smallest absolute Gasteiger partial charge is 0.136 e. The third kappa shape index (κ3) is 3.50. The van der Waals surface area contributed by atoms with Crippen LogP contribution in [0.1, 0.15) is 38.8 Å². The van der Waals surface area contributed by atoms with Crippen LogP contribution in [0.5, 0.6) is 0 Å². The van der Waals surface area contributed by atoms with E-state index in [9.17, 15) is 0 Å². The van der Waals surface area contributed by atoms with Crippen molar-refractivity contribution in [3.05, 3.63) is 120 Å². The molecule has 2 heteroatoms. The summed E-state index contributed by atoms with van der Waals surface area (Å²) < 4.78 is 0. The van der Waals surface area contributed by atoms with E-state index in [-0.39, 0.29) is 10.8 Å². The van der Waals surface area contributed by atoms with Gasteiger partial charge in [-0.2, -0.15) is 0 Å². The Morgan fingerprint density at radius 2 is 1.35 bits per heavy atom. The van der Waals surface area contributed by atoms with Gasteiger partial charge in [-0.1, -0.05) is 86.7 Å². The molecule has 6 rings (SSSR count). The van der Waals surface area contributed by atoms with Gasteiger partial charge in [-0.05, 0) is 71.3 Å². The fourth-order valence-electron chi connectivity index (χ4n) is 7.12. The molecule has 2 unspecified atom stereocenters. The molecule has 2 nitrogen and oxygen atoms in total. The van der Waals surface area contributed by atoms with Crippen LogP contribution in [0.3, 0.4) is 0 Å². The van der Waals surface area contributed by atoms with E-state index in [1.807, 2.05) is 0 Å². The number of rotatable bonds is 3. The van der Waals surface area contributed by atoms with Crippen LogP contribution in [-0.4, -0.2) is 20.1 Å². The highest BCUT2D eigenvalue weighted by Crippen LogP contribution is 2.50. The molecular weight excluding hydrogens is 448 g/mol. The lowest BCUT2D eigenvalue weighted by Gasteiger charge is -2.25. The van der Waals surface area contributed by atoms with Crippen molar-refractivity contribution in [1.29, 1.82) is 0 Å². The third-order valence-electron chi connectivity index (χ3n) is 8.92. The fraction of sp³-hybridized carbons (Fsp3) is 0.257. The molecule has 0 aromatic heterocycles. The first-order valence-electron chi connectivity index (χ1n) is 13.4. The van der Waals surface area contributed by atoms with Crippen molar-refractivity contribution in [2.24, 2.45) is 0 Å². The van der Waals surface area contributed by atoms with Crippen LogP contribution in [0.25, 0.3) is 21.5 Å². The molecule has 0 aliphatic carbocycles. The van der Waals surface area contributed by atoms with E-state index in [2.05, 4.69) is 150 Å². The standard InChI is InChI=1S/C35H36N2/c1-34(2)30(36(5)28-22-20-24-14-10-12-16-26(24)32(28)34)18-8-7-9-19-31-35(3,4)33-27-17-13-11-15-25(27)21-23-29(33)37(31)6/h7-23,30H,1-6H3/p+1. The largest absolute Gasteiger partial charge is 0.347 e. The van der Waals surface area contributed by atoms with E-state index in [1.54, 1.807) is 0 Å². The lowest BCUT2D eigenvalue weighted by Crippen LogP contribution is -3.07. The third-order valence-corrected chi connectivity index (χ3v) is 8.92. The Bertz CT molecular complexity index is 1620. The minimum absolute atomic E-state index is 0.0550. The van der Waals surface area contributed by atoms with Crippen LogP contribution in [0.2, 0.25) is 0 Å². The normalized spacial score (nSPS) is 23.1. The highest BCUT2D eigenvalue weighted by atomic mass is 15.2. The van der Waals surface area contributed by atoms with Crippen LogP contribution < -0.4 is 9.80 Å². The van der Waals surface area contributed by atoms with Crippen molar-refractivity contribution >= 4 is 32.9 Å². The first-order chi connectivity index (χ1) is 17.7. The Labute approximate surface area is 221 Å². The van der Waals surface area contributed by atoms with Gasteiger partial charge in [0.2, 0.25) is 0 Å². The number of nitrogens with one attached hydrogen (secondary N) is 1. The van der Waals surface area contributed by atoms with Crippen molar-refractivity contribution in [1.82, 2.24) is 0 Å². The summed E-state index contributed by atoms with van der Waals surface area (Å²) >= 11 is 0. The van der Waals surface area contributed by atoms with E-state index in [0.717, 1.165) is 0 Å². The van der Waals surface area contributed by atoms with Gasteiger partial charge in [0.05, 0.1) is 12.5 Å². The summed E-state index contributed by atoms with van der Waals surface area (Å²) in [6.07, 6.45) is 11.3. The van der Waals surface area contributed by atoms with E-state index in [1.165, 1.54) is 54.6 Å². The van der Waals surface area contributed by atoms with Gasteiger partial charge < -0.3 is 4.90 Å². The molecule has 37 heavy (non-hydrogen) atoms. The molecular formula is C35H37N2+. The Morgan fingerprint density at radius 3 is 2.05 bits per heavy atom. The van der Waals surface area contributed by atoms with E-state index >= 15 is 0 Å². The lowest BCUT2D eigenvalue weighted by molar-refractivity contribution is -0.828. The number of fused-ring (bicyclic) bond motifs is 6. The summed E-state index contributed by atoms with van der Waals surface area (Å²) in [5, 5.41) is 5.38. The molecule has 0 saturated carbocycles. The lowest BCUT2D eigenvalue weighted by atomic mass is 9.78. The number of quaternary nitrogens is 1. The second-order valence-electron chi connectivity index (χ2n) is 11.8. The van der Waals surface area contributed by atoms with Gasteiger partial charge in [-0.15, -0.1) is 0 Å². The second-order valence-corrected chi connectivity index (χ2v) is 11.8. The van der Waals surface area contributed by atoms with Gasteiger partial charge in [0, 0.05) is 29.4 Å². The minimum Gasteiger partial charge on any atom is -0.347 e. The van der Waals surface area contributed by atoms with Crippen molar-refractivity contribution in [3.63, 3.8) is 0 Å². The number of hydrogen-bond donors (Lipinski definition) is 1. The molecule has 2 aliphatic heterocycles. The molecule has 2 atom stereocenters. The maximum Gasteiger partial charge on any atom is 0.136 e. The van der Waals surface area contributed by atoms with E-state index < -0.39 is 0 Å². The monoisotopic (exact) mass is 485 g/mol. The molecule has 0 amide bonds. The molecule has 0 saturated heterocycles. The number of anilines is 1. The summed E-state index contributed by atoms with van der Waals surface area (Å²) in [6.45, 7) is 9.48. The molecule has 2 aliphatic rings. The average Bonchev–Trinajstić information content (AvgIpc) is 3.21. The molecule has 1 N–H and O–H groups in total. The summed E-state index contributed by atoms with van der Waals surface area (Å²) in [5.41, 5.74) is 6.96. The number of nitrogens with zero attached hydrogens (tertiary/aromatic N) is 1. The zero-order valence-electron chi connectivity index (χ0n) is 22.8. The topological polar surface area (TPSA) is 7.68 Å². The molecule has 4 aromatic carbocycles. The average molecular weight is 486 g/mol. The van der Waals surface area contributed by atoms with Gasteiger partial charge >= 0.3 is 0 Å². The van der Waals surface area contributed by atoms with Gasteiger partial charge in [0.1, 0.15) is 11.7 Å². The Kier molecular flexibility index (Phi) is 5.43. The van der Waals surface area contributed by atoms with Crippen LogP contribution in [0.15, 0.2) is 109 Å². The van der Waals surface area contributed by atoms with E-state index in [4.69, 9.17) is 0 Å². The molecule has 186 valence electrons. The zero-order valence-corrected chi connectivity index (χ0v) is 22.8. The molecule has 0 radical (unpaired) electrons. The van der Waals surface area contributed by atoms with Crippen molar-refractivity contribution in [3.8, 4) is 0 Å². The SMILES string of the molecule is CN1C(=CC=CC=CC2[NH+](C)c3ccc4ccccc4c3C2(C)C)C(C)(C)c2c1ccc1ccccc21. The first kappa shape index (κ1) is 23.8. The maximum atomic E-state index is 2.40. The quantitative estimate of drug-likeness (QED) is 0.301. The first-order valence-corrected chi connectivity index (χ1v) is 13.4. The van der Waals surface area contributed by atoms with Gasteiger partial charge in [0.15, 0.2) is 0 Å². The Hall–Kier alpha value is -3.62. The number of allylic oxidation sites excluding steroid dienone is 5. The Morgan fingerprint density at radius 1 is 0.730 bits per heavy atom. The second kappa shape index (κ2) is 8.46. The van der Waals surface area contributed by atoms with E-state index in [0.29, 0.717) is 6.04 Å². The summed E-state index contributed by atoms with van der Waals surface area (Å²) in [5.74, 6) is 0. The van der Waals surface area contributed by atoms with Crippen LogP contribution >= 0.6 is 0 Å². The number of hydrogen-bond acceptors (Lipinski definition) is 1. The minimum atomic E-state index is -0.0560. The molecule has 2 heterocycles. The van der Waals surface area contributed by atoms with Crippen LogP contribution in [0, 0.1) is 0 Å². The molecule has 0 bridgehead atoms. The molecule has 0 fully saturated rings. The summed E-state index contributed by atoms with van der Waals surface area (Å²) in [4.78, 5) is 3.82. The van der Waals surface area contributed by atoms with Crippen molar-refractivity contribution < 1.29 is 4.90 Å². The summed E-state index contributed by atoms with van der Waals surface area (Å²) in [7, 11) is 4.50. The molecule has 0 spiro atoms. The fourth-order valence-corrected chi connectivity index (χ4v) is 7.12. The van der Waals surface area contributed by atoms with Crippen LogP contribution in [0.4, 0.5) is 11.4 Å². The highest BCUT2D eigenvalue weighted by molar-refractivity contribution is 5.95. The Balaban J connectivity index is 1.28. The van der Waals surface area contributed by atoms with Gasteiger partial charge in [-0.25, -0.2) is 0 Å². The number of likely N-dealkylation sites (N-methyl/N-ethyl adjacent to an activating group) is 2. The van der Waals surface area contributed by atoms with Gasteiger partial charge in [0.25, 0.3) is 0 Å². The predicted molar refractivity (Wildman–Crippen MR) is 159 cm³/mol. The van der Waals surface area contributed by atoms with Crippen molar-refractivity contribution in [2.75, 3.05) is 19.0 Å². The highest BCUT2D eigenvalue weighted by Gasteiger charge is 2.47. The summed E-state index contributed by atoms with van der Waals surface area (Å²) in [6, 6.07) is 27.0. The number of benzene rings is 4. The zero-order chi connectivity index (χ0) is 25.9. The maximum absolute atomic E-state index is 2.40.